The monoisotopic (exact) mass is 316 g/mol. The van der Waals surface area contributed by atoms with Crippen LogP contribution in [0.1, 0.15) is 29.5 Å². The zero-order chi connectivity index (χ0) is 12.4. The van der Waals surface area contributed by atoms with Gasteiger partial charge in [0.15, 0.2) is 0 Å². The quantitative estimate of drug-likeness (QED) is 0.926. The molecule has 1 saturated heterocycles. The number of likely N-dealkylation sites (tertiary alicyclic amines) is 1. The topological polar surface area (TPSA) is 29.3 Å². The maximum Gasteiger partial charge on any atom is 0.0328 e. The highest BCUT2D eigenvalue weighted by molar-refractivity contribution is 9.10. The Kier molecular flexibility index (Phi) is 4.64. The second-order valence-corrected chi connectivity index (χ2v) is 7.17. The molecule has 0 saturated carbocycles. The SMILES string of the molecule is CCC1CN(Cc2cc(Br)c(C)s2)CCC1N. The summed E-state index contributed by atoms with van der Waals surface area (Å²) in [5, 5.41) is 0. The second-order valence-electron chi connectivity index (χ2n) is 4.97. The van der Waals surface area contributed by atoms with Gasteiger partial charge in [0.1, 0.15) is 0 Å². The normalized spacial score (nSPS) is 26.4. The summed E-state index contributed by atoms with van der Waals surface area (Å²) in [6.45, 7) is 7.80. The minimum atomic E-state index is 0.410. The van der Waals surface area contributed by atoms with Crippen molar-refractivity contribution < 1.29 is 0 Å². The Morgan fingerprint density at radius 3 is 2.94 bits per heavy atom. The summed E-state index contributed by atoms with van der Waals surface area (Å²) < 4.78 is 1.25. The van der Waals surface area contributed by atoms with E-state index in [9.17, 15) is 0 Å². The molecule has 0 amide bonds. The Balaban J connectivity index is 1.95. The predicted molar refractivity (Wildman–Crippen MR) is 78.4 cm³/mol. The molecule has 2 unspecified atom stereocenters. The van der Waals surface area contributed by atoms with E-state index < -0.39 is 0 Å². The van der Waals surface area contributed by atoms with Crippen molar-refractivity contribution in [3.63, 3.8) is 0 Å². The van der Waals surface area contributed by atoms with Crippen LogP contribution in [0.4, 0.5) is 0 Å². The number of piperidine rings is 1. The first-order valence-corrected chi connectivity index (χ1v) is 7.93. The number of nitrogens with two attached hydrogens (primary N) is 1. The number of halogens is 1. The molecule has 1 fully saturated rings. The molecule has 1 aromatic heterocycles. The van der Waals surface area contributed by atoms with Crippen molar-refractivity contribution >= 4 is 27.3 Å². The van der Waals surface area contributed by atoms with Crippen molar-refractivity contribution in [1.29, 1.82) is 0 Å². The standard InChI is InChI=1S/C13H21BrN2S/c1-3-10-7-16(5-4-13(10)15)8-11-6-12(14)9(2)17-11/h6,10,13H,3-5,7-8,15H2,1-2H3. The van der Waals surface area contributed by atoms with Crippen molar-refractivity contribution in [3.05, 3.63) is 20.3 Å². The lowest BCUT2D eigenvalue weighted by atomic mass is 9.91. The van der Waals surface area contributed by atoms with Gasteiger partial charge in [0.05, 0.1) is 0 Å². The van der Waals surface area contributed by atoms with Crippen LogP contribution in [0.25, 0.3) is 0 Å². The minimum Gasteiger partial charge on any atom is -0.327 e. The van der Waals surface area contributed by atoms with Gasteiger partial charge in [0.2, 0.25) is 0 Å². The molecule has 2 atom stereocenters. The van der Waals surface area contributed by atoms with Crippen LogP contribution in [0.2, 0.25) is 0 Å². The minimum absolute atomic E-state index is 0.410. The van der Waals surface area contributed by atoms with E-state index in [4.69, 9.17) is 5.73 Å². The van der Waals surface area contributed by atoms with E-state index in [0.717, 1.165) is 26.1 Å². The van der Waals surface area contributed by atoms with Gasteiger partial charge in [0, 0.05) is 39.9 Å². The lowest BCUT2D eigenvalue weighted by Gasteiger charge is -2.36. The fraction of sp³-hybridized carbons (Fsp3) is 0.692. The Morgan fingerprint density at radius 2 is 2.35 bits per heavy atom. The van der Waals surface area contributed by atoms with E-state index in [-0.39, 0.29) is 0 Å². The molecule has 0 aliphatic carbocycles. The summed E-state index contributed by atoms with van der Waals surface area (Å²) in [6.07, 6.45) is 2.34. The molecule has 0 radical (unpaired) electrons. The summed E-state index contributed by atoms with van der Waals surface area (Å²) in [6, 6.07) is 2.67. The van der Waals surface area contributed by atoms with Gasteiger partial charge in [-0.2, -0.15) is 0 Å². The number of rotatable bonds is 3. The molecule has 2 heterocycles. The van der Waals surface area contributed by atoms with Crippen molar-refractivity contribution in [1.82, 2.24) is 4.90 Å². The zero-order valence-electron chi connectivity index (χ0n) is 10.6. The number of hydrogen-bond donors (Lipinski definition) is 1. The van der Waals surface area contributed by atoms with Crippen LogP contribution in [-0.4, -0.2) is 24.0 Å². The van der Waals surface area contributed by atoms with Crippen LogP contribution in [0.5, 0.6) is 0 Å². The molecule has 1 aliphatic heterocycles. The van der Waals surface area contributed by atoms with Crippen LogP contribution >= 0.6 is 27.3 Å². The average molecular weight is 317 g/mol. The van der Waals surface area contributed by atoms with Gasteiger partial charge >= 0.3 is 0 Å². The molecule has 17 heavy (non-hydrogen) atoms. The van der Waals surface area contributed by atoms with E-state index in [1.54, 1.807) is 0 Å². The van der Waals surface area contributed by atoms with Gasteiger partial charge < -0.3 is 5.73 Å². The fourth-order valence-corrected chi connectivity index (χ4v) is 4.16. The second kappa shape index (κ2) is 5.83. The molecule has 1 aromatic rings. The van der Waals surface area contributed by atoms with E-state index >= 15 is 0 Å². The average Bonchev–Trinajstić information content (AvgIpc) is 2.61. The molecule has 0 aromatic carbocycles. The first-order chi connectivity index (χ1) is 8.10. The molecule has 2 nitrogen and oxygen atoms in total. The van der Waals surface area contributed by atoms with Crippen LogP contribution in [0.3, 0.4) is 0 Å². The number of hydrogen-bond acceptors (Lipinski definition) is 3. The molecule has 2 N–H and O–H groups in total. The zero-order valence-corrected chi connectivity index (χ0v) is 13.0. The van der Waals surface area contributed by atoms with Gasteiger partial charge in [-0.05, 0) is 41.3 Å². The summed E-state index contributed by atoms with van der Waals surface area (Å²) in [5.41, 5.74) is 6.14. The lowest BCUT2D eigenvalue weighted by molar-refractivity contribution is 0.146. The lowest BCUT2D eigenvalue weighted by Crippen LogP contribution is -2.46. The molecule has 4 heteroatoms. The highest BCUT2D eigenvalue weighted by Crippen LogP contribution is 2.28. The summed E-state index contributed by atoms with van der Waals surface area (Å²) in [5.74, 6) is 0.674. The molecule has 96 valence electrons. The summed E-state index contributed by atoms with van der Waals surface area (Å²) in [4.78, 5) is 5.38. The smallest absolute Gasteiger partial charge is 0.0328 e. The van der Waals surface area contributed by atoms with Crippen LogP contribution in [0, 0.1) is 12.8 Å². The number of thiophene rings is 1. The Labute approximate surface area is 116 Å². The highest BCUT2D eigenvalue weighted by atomic mass is 79.9. The fourth-order valence-electron chi connectivity index (χ4n) is 2.52. The van der Waals surface area contributed by atoms with Crippen molar-refractivity contribution in [2.24, 2.45) is 11.7 Å². The molecule has 0 spiro atoms. The highest BCUT2D eigenvalue weighted by Gasteiger charge is 2.25. The van der Waals surface area contributed by atoms with Crippen molar-refractivity contribution in [2.45, 2.75) is 39.3 Å². The summed E-state index contributed by atoms with van der Waals surface area (Å²) >= 11 is 5.49. The van der Waals surface area contributed by atoms with E-state index in [2.05, 4.69) is 40.7 Å². The van der Waals surface area contributed by atoms with E-state index in [0.29, 0.717) is 12.0 Å². The number of aryl methyl sites for hydroxylation is 1. The van der Waals surface area contributed by atoms with Gasteiger partial charge in [-0.3, -0.25) is 4.90 Å². The third-order valence-electron chi connectivity index (χ3n) is 3.69. The Hall–Kier alpha value is 0.1000. The first kappa shape index (κ1) is 13.5. The van der Waals surface area contributed by atoms with Gasteiger partial charge in [0.25, 0.3) is 0 Å². The predicted octanol–water partition coefficient (Wildman–Crippen LogP) is 3.38. The first-order valence-electron chi connectivity index (χ1n) is 6.33. The van der Waals surface area contributed by atoms with E-state index in [1.807, 2.05) is 11.3 Å². The maximum atomic E-state index is 6.14. The molecule has 0 bridgehead atoms. The van der Waals surface area contributed by atoms with Crippen LogP contribution in [-0.2, 0) is 6.54 Å². The van der Waals surface area contributed by atoms with Crippen LogP contribution < -0.4 is 5.73 Å². The largest absolute Gasteiger partial charge is 0.327 e. The molecule has 1 aliphatic rings. The van der Waals surface area contributed by atoms with Crippen molar-refractivity contribution in [3.8, 4) is 0 Å². The van der Waals surface area contributed by atoms with Gasteiger partial charge in [-0.25, -0.2) is 0 Å². The van der Waals surface area contributed by atoms with E-state index in [1.165, 1.54) is 20.6 Å². The Morgan fingerprint density at radius 1 is 1.59 bits per heavy atom. The Bertz CT molecular complexity index is 358. The van der Waals surface area contributed by atoms with Crippen molar-refractivity contribution in [2.75, 3.05) is 13.1 Å². The van der Waals surface area contributed by atoms with Gasteiger partial charge in [-0.1, -0.05) is 13.3 Å². The third-order valence-corrected chi connectivity index (χ3v) is 5.81. The molecule has 2 rings (SSSR count). The maximum absolute atomic E-state index is 6.14. The number of nitrogens with zero attached hydrogens (tertiary/aromatic N) is 1. The summed E-state index contributed by atoms with van der Waals surface area (Å²) in [7, 11) is 0. The third kappa shape index (κ3) is 3.31. The van der Waals surface area contributed by atoms with Gasteiger partial charge in [-0.15, -0.1) is 11.3 Å². The molecular weight excluding hydrogens is 296 g/mol. The molecular formula is C13H21BrN2S. The van der Waals surface area contributed by atoms with Crippen LogP contribution in [0.15, 0.2) is 10.5 Å².